The SMILES string of the molecule is CSc1cc2nc(C(C)(C)C)oc2cc1NC(=S)SCC(=O)O. The van der Waals surface area contributed by atoms with Gasteiger partial charge in [0.25, 0.3) is 0 Å². The zero-order valence-electron chi connectivity index (χ0n) is 13.3. The molecule has 0 aliphatic heterocycles. The van der Waals surface area contributed by atoms with E-state index in [0.717, 1.165) is 27.9 Å². The van der Waals surface area contributed by atoms with Crippen molar-refractivity contribution < 1.29 is 14.3 Å². The van der Waals surface area contributed by atoms with Gasteiger partial charge in [0.05, 0.1) is 11.4 Å². The van der Waals surface area contributed by atoms with E-state index >= 15 is 0 Å². The second-order valence-electron chi connectivity index (χ2n) is 5.88. The molecule has 23 heavy (non-hydrogen) atoms. The lowest BCUT2D eigenvalue weighted by atomic mass is 9.97. The van der Waals surface area contributed by atoms with E-state index in [1.54, 1.807) is 11.8 Å². The maximum Gasteiger partial charge on any atom is 0.313 e. The molecule has 0 unspecified atom stereocenters. The first-order valence-electron chi connectivity index (χ1n) is 6.85. The number of anilines is 1. The van der Waals surface area contributed by atoms with E-state index in [2.05, 4.69) is 10.3 Å². The van der Waals surface area contributed by atoms with Crippen LogP contribution in [0.25, 0.3) is 11.1 Å². The Hall–Kier alpha value is -1.25. The Morgan fingerprint density at radius 1 is 1.43 bits per heavy atom. The summed E-state index contributed by atoms with van der Waals surface area (Å²) in [6.07, 6.45) is 1.96. The number of nitrogens with zero attached hydrogens (tertiary/aromatic N) is 1. The molecule has 0 saturated carbocycles. The zero-order chi connectivity index (χ0) is 17.2. The van der Waals surface area contributed by atoms with Gasteiger partial charge in [-0.05, 0) is 12.3 Å². The van der Waals surface area contributed by atoms with Gasteiger partial charge in [-0.25, -0.2) is 4.98 Å². The van der Waals surface area contributed by atoms with Crippen LogP contribution in [0, 0.1) is 0 Å². The van der Waals surface area contributed by atoms with Gasteiger partial charge in [-0.2, -0.15) is 0 Å². The molecule has 0 atom stereocenters. The molecule has 2 rings (SSSR count). The van der Waals surface area contributed by atoms with Crippen molar-refractivity contribution >= 4 is 62.8 Å². The Morgan fingerprint density at radius 3 is 2.70 bits per heavy atom. The Morgan fingerprint density at radius 2 is 2.13 bits per heavy atom. The topological polar surface area (TPSA) is 75.4 Å². The second-order valence-corrected chi connectivity index (χ2v) is 8.38. The first kappa shape index (κ1) is 18.1. The number of fused-ring (bicyclic) bond motifs is 1. The van der Waals surface area contributed by atoms with Gasteiger partial charge >= 0.3 is 5.97 Å². The molecule has 0 aliphatic carbocycles. The van der Waals surface area contributed by atoms with Gasteiger partial charge in [-0.15, -0.1) is 11.8 Å². The quantitative estimate of drug-likeness (QED) is 0.607. The lowest BCUT2D eigenvalue weighted by Gasteiger charge is -2.11. The molecule has 0 radical (unpaired) electrons. The molecule has 8 heteroatoms. The highest BCUT2D eigenvalue weighted by Gasteiger charge is 2.21. The zero-order valence-corrected chi connectivity index (χ0v) is 15.7. The number of carboxylic acids is 1. The molecular weight excluding hydrogens is 352 g/mol. The van der Waals surface area contributed by atoms with Crippen molar-refractivity contribution in [2.24, 2.45) is 0 Å². The van der Waals surface area contributed by atoms with Crippen LogP contribution in [0.5, 0.6) is 0 Å². The van der Waals surface area contributed by atoms with Crippen molar-refractivity contribution in [3.05, 3.63) is 18.0 Å². The average molecular weight is 371 g/mol. The van der Waals surface area contributed by atoms with Crippen molar-refractivity contribution in [1.82, 2.24) is 4.98 Å². The number of aliphatic carboxylic acids is 1. The molecular formula is C15H18N2O3S3. The fourth-order valence-electron chi connectivity index (χ4n) is 1.82. The molecule has 0 amide bonds. The molecule has 124 valence electrons. The highest BCUT2D eigenvalue weighted by molar-refractivity contribution is 8.23. The van der Waals surface area contributed by atoms with Gasteiger partial charge in [0, 0.05) is 16.4 Å². The number of nitrogens with one attached hydrogen (secondary N) is 1. The summed E-state index contributed by atoms with van der Waals surface area (Å²) in [6, 6.07) is 3.81. The minimum atomic E-state index is -0.898. The van der Waals surface area contributed by atoms with Crippen molar-refractivity contribution in [3.63, 3.8) is 0 Å². The van der Waals surface area contributed by atoms with E-state index in [1.165, 1.54) is 0 Å². The maximum atomic E-state index is 10.6. The van der Waals surface area contributed by atoms with E-state index in [-0.39, 0.29) is 11.2 Å². The van der Waals surface area contributed by atoms with Crippen LogP contribution in [0.4, 0.5) is 5.69 Å². The summed E-state index contributed by atoms with van der Waals surface area (Å²) >= 11 is 7.82. The Balaban J connectivity index is 2.31. The molecule has 2 N–H and O–H groups in total. The molecule has 1 aromatic heterocycles. The predicted octanol–water partition coefficient (Wildman–Crippen LogP) is 4.36. The van der Waals surface area contributed by atoms with Crippen LogP contribution >= 0.6 is 35.7 Å². The van der Waals surface area contributed by atoms with E-state index in [9.17, 15) is 4.79 Å². The summed E-state index contributed by atoms with van der Waals surface area (Å²) in [6.45, 7) is 6.14. The summed E-state index contributed by atoms with van der Waals surface area (Å²) in [5.74, 6) is -0.289. The number of oxazole rings is 1. The van der Waals surface area contributed by atoms with Gasteiger partial charge in [0.1, 0.15) is 9.84 Å². The summed E-state index contributed by atoms with van der Waals surface area (Å²) in [4.78, 5) is 16.1. The van der Waals surface area contributed by atoms with E-state index < -0.39 is 5.97 Å². The molecule has 1 heterocycles. The van der Waals surface area contributed by atoms with Crippen molar-refractivity contribution in [3.8, 4) is 0 Å². The molecule has 0 aliphatic rings. The van der Waals surface area contributed by atoms with Crippen LogP contribution < -0.4 is 5.32 Å². The molecule has 0 fully saturated rings. The average Bonchev–Trinajstić information content (AvgIpc) is 2.87. The lowest BCUT2D eigenvalue weighted by molar-refractivity contribution is -0.133. The Labute approximate surface area is 148 Å². The number of carboxylic acid groups (broad SMARTS) is 1. The van der Waals surface area contributed by atoms with E-state index in [1.807, 2.05) is 39.2 Å². The number of benzene rings is 1. The number of hydrogen-bond donors (Lipinski definition) is 2. The summed E-state index contributed by atoms with van der Waals surface area (Å²) < 4.78 is 6.26. The second kappa shape index (κ2) is 7.11. The minimum Gasteiger partial charge on any atom is -0.481 e. The molecule has 0 bridgehead atoms. The molecule has 1 aromatic carbocycles. The van der Waals surface area contributed by atoms with Crippen LogP contribution in [0.3, 0.4) is 0 Å². The van der Waals surface area contributed by atoms with Crippen LogP contribution in [-0.4, -0.2) is 32.4 Å². The number of carbonyl (C=O) groups is 1. The third kappa shape index (κ3) is 4.62. The minimum absolute atomic E-state index is 0.0703. The third-order valence-electron chi connectivity index (χ3n) is 2.91. The monoisotopic (exact) mass is 370 g/mol. The largest absolute Gasteiger partial charge is 0.481 e. The van der Waals surface area contributed by atoms with Gasteiger partial charge in [-0.1, -0.05) is 44.8 Å². The van der Waals surface area contributed by atoms with Crippen molar-refractivity contribution in [2.75, 3.05) is 17.3 Å². The van der Waals surface area contributed by atoms with Crippen LogP contribution in [-0.2, 0) is 10.2 Å². The number of thiocarbonyl (C=S) groups is 1. The molecule has 2 aromatic rings. The van der Waals surface area contributed by atoms with Crippen LogP contribution in [0.2, 0.25) is 0 Å². The number of thioether (sulfide) groups is 2. The third-order valence-corrected chi connectivity index (χ3v) is 4.90. The molecule has 0 spiro atoms. The maximum absolute atomic E-state index is 10.6. The van der Waals surface area contributed by atoms with Gasteiger partial charge < -0.3 is 14.8 Å². The fourth-order valence-corrected chi connectivity index (χ4v) is 3.10. The van der Waals surface area contributed by atoms with E-state index in [4.69, 9.17) is 21.7 Å². The number of rotatable bonds is 4. The standard InChI is InChI=1S/C15H18N2O3S3/c1-15(2,3)13-16-8-6-11(22-4)9(5-10(8)20-13)17-14(21)23-7-12(18)19/h5-6H,7H2,1-4H3,(H,17,21)(H,18,19). The normalized spacial score (nSPS) is 11.7. The lowest BCUT2D eigenvalue weighted by Crippen LogP contribution is -2.10. The van der Waals surface area contributed by atoms with Gasteiger partial charge in [-0.3, -0.25) is 4.79 Å². The first-order chi connectivity index (χ1) is 10.7. The molecule has 0 saturated heterocycles. The van der Waals surface area contributed by atoms with Gasteiger partial charge in [0.15, 0.2) is 5.58 Å². The first-order valence-corrected chi connectivity index (χ1v) is 9.47. The summed E-state index contributed by atoms with van der Waals surface area (Å²) in [5, 5.41) is 11.8. The van der Waals surface area contributed by atoms with E-state index in [0.29, 0.717) is 15.8 Å². The fraction of sp³-hybridized carbons (Fsp3) is 0.400. The Kier molecular flexibility index (Phi) is 5.59. The summed E-state index contributed by atoms with van der Waals surface area (Å²) in [5.41, 5.74) is 2.11. The Bertz CT molecular complexity index is 750. The van der Waals surface area contributed by atoms with Gasteiger partial charge in [0.2, 0.25) is 5.89 Å². The predicted molar refractivity (Wildman–Crippen MR) is 101 cm³/mol. The highest BCUT2D eigenvalue weighted by atomic mass is 32.2. The van der Waals surface area contributed by atoms with Crippen LogP contribution in [0.1, 0.15) is 26.7 Å². The summed E-state index contributed by atoms with van der Waals surface area (Å²) in [7, 11) is 0. The van der Waals surface area contributed by atoms with Crippen LogP contribution in [0.15, 0.2) is 21.4 Å². The smallest absolute Gasteiger partial charge is 0.313 e. The van der Waals surface area contributed by atoms with Crippen molar-refractivity contribution in [2.45, 2.75) is 31.1 Å². The molecule has 5 nitrogen and oxygen atoms in total. The van der Waals surface area contributed by atoms with Crippen molar-refractivity contribution in [1.29, 1.82) is 0 Å². The number of hydrogen-bond acceptors (Lipinski definition) is 6. The number of aromatic nitrogens is 1. The highest BCUT2D eigenvalue weighted by Crippen LogP contribution is 2.33.